The summed E-state index contributed by atoms with van der Waals surface area (Å²) < 4.78 is 0. The molecule has 0 rings (SSSR count). The molecule has 0 aromatic rings. The maximum absolute atomic E-state index is 0. The van der Waals surface area contributed by atoms with Gasteiger partial charge in [0.05, 0.1) is 0 Å². The Balaban J connectivity index is 0. The van der Waals surface area contributed by atoms with Crippen molar-refractivity contribution in [2.45, 2.75) is 0 Å². The second-order valence-corrected chi connectivity index (χ2v) is 0. The molecule has 2 atom stereocenters. The van der Waals surface area contributed by atoms with E-state index in [4.69, 9.17) is 0 Å². The summed E-state index contributed by atoms with van der Waals surface area (Å²) in [6.07, 6.45) is 0. The van der Waals surface area contributed by atoms with Gasteiger partial charge in [-0.15, -0.1) is 0 Å². The van der Waals surface area contributed by atoms with Crippen LogP contribution in [0.1, 0.15) is 5.71 Å². The monoisotopic (exact) mass is 192 g/mol. The summed E-state index contributed by atoms with van der Waals surface area (Å²) in [7, 11) is 0. The molecule has 0 saturated heterocycles. The van der Waals surface area contributed by atoms with Crippen molar-refractivity contribution in [3.63, 3.8) is 0 Å². The van der Waals surface area contributed by atoms with Crippen molar-refractivity contribution < 1.29 is 22.1 Å². The van der Waals surface area contributed by atoms with Crippen LogP contribution in [0.25, 0.3) is 0 Å². The van der Waals surface area contributed by atoms with Gasteiger partial charge < -0.3 is 22.1 Å². The van der Waals surface area contributed by atoms with E-state index in [2.05, 4.69) is 0 Å². The van der Waals surface area contributed by atoms with E-state index in [1.165, 1.54) is 0 Å². The molecule has 2 unspecified atom stereocenters. The van der Waals surface area contributed by atoms with Crippen LogP contribution in [0.4, 0.5) is 0 Å². The van der Waals surface area contributed by atoms with Gasteiger partial charge in [-0.25, -0.2) is 0 Å². The van der Waals surface area contributed by atoms with Crippen LogP contribution < -0.4 is 0 Å². The van der Waals surface area contributed by atoms with Crippen molar-refractivity contribution >= 4 is 74.8 Å². The van der Waals surface area contributed by atoms with Crippen LogP contribution >= 0.6 is 19.8 Å². The standard InChI is InChI=1S/2Al.2Be.3O.2H3P.4H/h;;;;;;;2*1H3;;;;/q2*+3;2*+2;3*-2;;;4*-1. The molecule has 48 valence electrons. The Hall–Kier alpha value is 2.14. The summed E-state index contributed by atoms with van der Waals surface area (Å²) >= 11 is 0. The van der Waals surface area contributed by atoms with Gasteiger partial charge in [-0.1, -0.05) is 0 Å². The van der Waals surface area contributed by atoms with E-state index in [1.54, 1.807) is 0 Å². The first kappa shape index (κ1) is 250. The normalized spacial score (nSPS) is 0. The molecule has 0 amide bonds. The predicted octanol–water partition coefficient (Wildman–Crippen LogP) is -1.31. The van der Waals surface area contributed by atoms with Crippen LogP contribution in [0.5, 0.6) is 0 Å². The minimum atomic E-state index is 0. The van der Waals surface area contributed by atoms with Crippen molar-refractivity contribution in [3.8, 4) is 0 Å². The number of rotatable bonds is 0. The Morgan fingerprint density at radius 2 is 0.556 bits per heavy atom. The predicted molar refractivity (Wildman–Crippen MR) is 51.7 cm³/mol. The van der Waals surface area contributed by atoms with Crippen LogP contribution in [0, 0.1) is 0 Å². The van der Waals surface area contributed by atoms with Gasteiger partial charge in [-0.3, -0.25) is 0 Å². The quantitative estimate of drug-likeness (QED) is 0.337. The molecule has 0 aromatic carbocycles. The average Bonchev–Trinajstić information content (AvgIpc) is 0. The van der Waals surface area contributed by atoms with Crippen molar-refractivity contribution in [1.29, 1.82) is 0 Å². The summed E-state index contributed by atoms with van der Waals surface area (Å²) in [6.45, 7) is 0. The molecule has 0 radical (unpaired) electrons. The fourth-order valence-electron chi connectivity index (χ4n) is 0. The van der Waals surface area contributed by atoms with Gasteiger partial charge in [0.15, 0.2) is 0 Å². The van der Waals surface area contributed by atoms with E-state index in [9.17, 15) is 0 Å². The molecule has 0 N–H and O–H groups in total. The molecule has 0 aromatic heterocycles. The zero-order valence-electron chi connectivity index (χ0n) is 9.21. The molecule has 0 saturated carbocycles. The largest absolute Gasteiger partial charge is 3.00 e. The van der Waals surface area contributed by atoms with Gasteiger partial charge >= 0.3 is 55.0 Å². The molecule has 0 fully saturated rings. The first-order chi connectivity index (χ1) is 0. The van der Waals surface area contributed by atoms with Gasteiger partial charge in [-0.2, -0.15) is 19.8 Å². The summed E-state index contributed by atoms with van der Waals surface area (Å²) in [5.41, 5.74) is 0. The Labute approximate surface area is 96.9 Å². The van der Waals surface area contributed by atoms with E-state index >= 15 is 0 Å². The maximum Gasteiger partial charge on any atom is 3.00 e. The van der Waals surface area contributed by atoms with E-state index in [1.807, 2.05) is 0 Å². The van der Waals surface area contributed by atoms with E-state index in [0.29, 0.717) is 0 Å². The average molecular weight is 192 g/mol. The SMILES string of the molecule is P.P.[Al+3].[Al+3].[Be+2].[Be+2].[H-].[H-].[H-].[H-].[O-2].[O-2].[O-2]. The fourth-order valence-corrected chi connectivity index (χ4v) is 0. The Bertz CT molecular complexity index is 29.4. The van der Waals surface area contributed by atoms with E-state index in [0.717, 1.165) is 0 Å². The molecule has 0 spiro atoms. The van der Waals surface area contributed by atoms with Gasteiger partial charge in [0, 0.05) is 0 Å². The van der Waals surface area contributed by atoms with Crippen molar-refractivity contribution in [3.05, 3.63) is 0 Å². The topological polar surface area (TPSA) is 85.5 Å². The van der Waals surface area contributed by atoms with Gasteiger partial charge in [0.1, 0.15) is 0 Å². The zero-order chi connectivity index (χ0) is 0. The van der Waals surface area contributed by atoms with Gasteiger partial charge in [0.2, 0.25) is 0 Å². The summed E-state index contributed by atoms with van der Waals surface area (Å²) in [6, 6.07) is 0. The number of hydrogen-bond donors (Lipinski definition) is 0. The molecule has 0 aliphatic carbocycles. The second kappa shape index (κ2) is 185. The number of hydrogen-bond acceptors (Lipinski definition) is 0. The van der Waals surface area contributed by atoms with Crippen LogP contribution in [0.3, 0.4) is 0 Å². The van der Waals surface area contributed by atoms with Crippen LogP contribution in [0.2, 0.25) is 0 Å². The first-order valence-electron chi connectivity index (χ1n) is 0. The van der Waals surface area contributed by atoms with Crippen LogP contribution in [-0.2, 0) is 16.4 Å². The maximum atomic E-state index is 0. The minimum Gasteiger partial charge on any atom is -2.00 e. The molecule has 9 heavy (non-hydrogen) atoms. The second-order valence-electron chi connectivity index (χ2n) is 0. The van der Waals surface area contributed by atoms with Crippen LogP contribution in [-0.4, -0.2) is 55.0 Å². The zero-order valence-corrected chi connectivity index (χ0v) is 10.3. The molecular weight excluding hydrogens is 182 g/mol. The fraction of sp³-hybridized carbons (Fsp3) is 0. The van der Waals surface area contributed by atoms with Crippen molar-refractivity contribution in [1.82, 2.24) is 0 Å². The van der Waals surface area contributed by atoms with Crippen molar-refractivity contribution in [2.75, 3.05) is 0 Å². The molecule has 0 heterocycles. The third kappa shape index (κ3) is 146. The third-order valence-corrected chi connectivity index (χ3v) is 0. The summed E-state index contributed by atoms with van der Waals surface area (Å²) in [4.78, 5) is 0. The Morgan fingerprint density at radius 3 is 0.556 bits per heavy atom. The molecule has 0 bridgehead atoms. The smallest absolute Gasteiger partial charge is 2.00 e. The minimum absolute atomic E-state index is 0. The van der Waals surface area contributed by atoms with Crippen molar-refractivity contribution in [2.24, 2.45) is 0 Å². The molecular formula is H10Al2Be2O3P2. The molecule has 3 nitrogen and oxygen atoms in total. The molecule has 9 heteroatoms. The van der Waals surface area contributed by atoms with E-state index < -0.39 is 0 Å². The molecule has 0 aliphatic heterocycles. The Kier molecular flexibility index (Phi) is 5120. The van der Waals surface area contributed by atoms with Gasteiger partial charge in [-0.05, 0) is 0 Å². The van der Waals surface area contributed by atoms with Gasteiger partial charge in [0.25, 0.3) is 0 Å². The Morgan fingerprint density at radius 1 is 0.556 bits per heavy atom. The first-order valence-corrected chi connectivity index (χ1v) is 0. The summed E-state index contributed by atoms with van der Waals surface area (Å²) in [5, 5.41) is 0. The molecule has 0 aliphatic rings. The summed E-state index contributed by atoms with van der Waals surface area (Å²) in [5.74, 6) is 0. The third-order valence-electron chi connectivity index (χ3n) is 0. The van der Waals surface area contributed by atoms with Crippen LogP contribution in [0.15, 0.2) is 0 Å². The van der Waals surface area contributed by atoms with E-state index in [-0.39, 0.29) is 96.9 Å².